The van der Waals surface area contributed by atoms with E-state index in [-0.39, 0.29) is 5.41 Å². The Labute approximate surface area is 291 Å². The highest BCUT2D eigenvalue weighted by atomic mass is 15.1. The Morgan fingerprint density at radius 3 is 1.78 bits per heavy atom. The average Bonchev–Trinajstić information content (AvgIpc) is 3.34. The first-order chi connectivity index (χ1) is 23.9. The molecule has 4 saturated carbocycles. The maximum Gasteiger partial charge on any atom is 0.0546 e. The molecule has 4 bridgehead atoms. The van der Waals surface area contributed by atoms with Gasteiger partial charge in [-0.1, -0.05) is 105 Å². The highest BCUT2D eigenvalue weighted by Crippen LogP contribution is 2.61. The lowest BCUT2D eigenvalue weighted by Gasteiger charge is -2.57. The van der Waals surface area contributed by atoms with Crippen LogP contribution in [0, 0.1) is 24.7 Å². The van der Waals surface area contributed by atoms with Crippen LogP contribution in [0.25, 0.3) is 33.0 Å². The molecule has 0 heterocycles. The Balaban J connectivity index is 1.17. The van der Waals surface area contributed by atoms with Crippen molar-refractivity contribution in [3.8, 4) is 22.3 Å². The fraction of sp³-hybridized carbons (Fsp3) is 0.292. The fourth-order valence-corrected chi connectivity index (χ4v) is 11.2. The second kappa shape index (κ2) is 10.7. The van der Waals surface area contributed by atoms with Crippen LogP contribution in [0.3, 0.4) is 0 Å². The molecule has 0 spiro atoms. The highest BCUT2D eigenvalue weighted by Gasteiger charge is 2.51. The van der Waals surface area contributed by atoms with Crippen molar-refractivity contribution in [2.45, 2.75) is 70.1 Å². The minimum atomic E-state index is -0.0712. The van der Waals surface area contributed by atoms with E-state index in [0.29, 0.717) is 5.41 Å². The normalized spacial score (nSPS) is 24.2. The summed E-state index contributed by atoms with van der Waals surface area (Å²) in [5.41, 5.74) is 15.0. The summed E-state index contributed by atoms with van der Waals surface area (Å²) in [6, 6.07) is 48.7. The van der Waals surface area contributed by atoms with Crippen LogP contribution in [0.2, 0.25) is 0 Å². The van der Waals surface area contributed by atoms with E-state index in [1.165, 1.54) is 105 Å². The molecule has 49 heavy (non-hydrogen) atoms. The van der Waals surface area contributed by atoms with Gasteiger partial charge in [0.1, 0.15) is 0 Å². The van der Waals surface area contributed by atoms with Gasteiger partial charge >= 0.3 is 0 Å². The number of nitrogens with zero attached hydrogens (tertiary/aromatic N) is 1. The van der Waals surface area contributed by atoms with Crippen molar-refractivity contribution in [3.05, 3.63) is 150 Å². The van der Waals surface area contributed by atoms with Crippen LogP contribution in [0.5, 0.6) is 0 Å². The van der Waals surface area contributed by atoms with Gasteiger partial charge in [0.15, 0.2) is 0 Å². The van der Waals surface area contributed by atoms with E-state index in [0.717, 1.165) is 17.8 Å². The summed E-state index contributed by atoms with van der Waals surface area (Å²) in [4.78, 5) is 2.55. The van der Waals surface area contributed by atoms with Gasteiger partial charge in [0.05, 0.1) is 5.69 Å². The average molecular weight is 636 g/mol. The molecule has 4 fully saturated rings. The van der Waals surface area contributed by atoms with Crippen molar-refractivity contribution in [2.24, 2.45) is 17.8 Å². The fourth-order valence-electron chi connectivity index (χ4n) is 11.2. The molecule has 6 aromatic carbocycles. The first-order valence-corrected chi connectivity index (χ1v) is 18.6. The van der Waals surface area contributed by atoms with Crippen LogP contribution in [0.1, 0.15) is 74.6 Å². The Morgan fingerprint density at radius 2 is 1.08 bits per heavy atom. The monoisotopic (exact) mass is 635 g/mol. The zero-order valence-corrected chi connectivity index (χ0v) is 29.0. The molecule has 6 aromatic rings. The Kier molecular flexibility index (Phi) is 6.39. The Morgan fingerprint density at radius 1 is 0.510 bits per heavy atom. The van der Waals surface area contributed by atoms with Crippen LogP contribution >= 0.6 is 0 Å². The number of fused-ring (bicyclic) bond motifs is 4. The second-order valence-electron chi connectivity index (χ2n) is 16.5. The molecule has 0 N–H and O–H groups in total. The molecule has 0 aliphatic heterocycles. The zero-order chi connectivity index (χ0) is 32.9. The summed E-state index contributed by atoms with van der Waals surface area (Å²) in [5.74, 6) is 2.82. The van der Waals surface area contributed by atoms with Crippen molar-refractivity contribution in [3.63, 3.8) is 0 Å². The van der Waals surface area contributed by atoms with Crippen LogP contribution in [0.4, 0.5) is 17.1 Å². The van der Waals surface area contributed by atoms with Gasteiger partial charge in [-0.2, -0.15) is 0 Å². The maximum absolute atomic E-state index is 2.55. The van der Waals surface area contributed by atoms with Gasteiger partial charge < -0.3 is 4.90 Å². The minimum Gasteiger partial charge on any atom is -0.310 e. The molecule has 0 atom stereocenters. The van der Waals surface area contributed by atoms with E-state index in [4.69, 9.17) is 0 Å². The van der Waals surface area contributed by atoms with Crippen molar-refractivity contribution in [1.82, 2.24) is 0 Å². The van der Waals surface area contributed by atoms with E-state index in [2.05, 4.69) is 153 Å². The van der Waals surface area contributed by atoms with Crippen LogP contribution < -0.4 is 4.90 Å². The molecule has 242 valence electrons. The predicted molar refractivity (Wildman–Crippen MR) is 206 cm³/mol. The molecule has 0 aromatic heterocycles. The molecule has 5 aliphatic rings. The van der Waals surface area contributed by atoms with Crippen molar-refractivity contribution in [2.75, 3.05) is 4.90 Å². The van der Waals surface area contributed by atoms with E-state index in [9.17, 15) is 0 Å². The van der Waals surface area contributed by atoms with Crippen LogP contribution in [-0.4, -0.2) is 0 Å². The lowest BCUT2D eigenvalue weighted by atomic mass is 9.48. The summed E-state index contributed by atoms with van der Waals surface area (Å²) >= 11 is 0. The molecule has 0 radical (unpaired) electrons. The molecule has 11 rings (SSSR count). The number of hydrogen-bond donors (Lipinski definition) is 0. The minimum absolute atomic E-state index is 0.0712. The summed E-state index contributed by atoms with van der Waals surface area (Å²) in [5, 5.41) is 2.53. The van der Waals surface area contributed by atoms with Crippen molar-refractivity contribution in [1.29, 1.82) is 0 Å². The molecule has 5 aliphatic carbocycles. The topological polar surface area (TPSA) is 3.24 Å². The van der Waals surface area contributed by atoms with E-state index in [1.54, 1.807) is 5.56 Å². The third kappa shape index (κ3) is 4.51. The number of hydrogen-bond acceptors (Lipinski definition) is 1. The van der Waals surface area contributed by atoms with Gasteiger partial charge in [0.2, 0.25) is 0 Å². The molecule has 0 unspecified atom stereocenters. The third-order valence-corrected chi connectivity index (χ3v) is 13.1. The molecule has 0 amide bonds. The Hall–Kier alpha value is -4.62. The van der Waals surface area contributed by atoms with Crippen LogP contribution in [0.15, 0.2) is 127 Å². The van der Waals surface area contributed by atoms with E-state index >= 15 is 0 Å². The van der Waals surface area contributed by atoms with Crippen molar-refractivity contribution < 1.29 is 0 Å². The summed E-state index contributed by atoms with van der Waals surface area (Å²) in [7, 11) is 0. The predicted octanol–water partition coefficient (Wildman–Crippen LogP) is 13.1. The number of rotatable bonds is 5. The number of benzene rings is 6. The van der Waals surface area contributed by atoms with E-state index < -0.39 is 0 Å². The first-order valence-electron chi connectivity index (χ1n) is 18.6. The smallest absolute Gasteiger partial charge is 0.0546 e. The van der Waals surface area contributed by atoms with Gasteiger partial charge in [-0.05, 0) is 155 Å². The molecule has 0 saturated heterocycles. The summed E-state index contributed by atoms with van der Waals surface area (Å²) in [6.07, 6.45) is 8.62. The molecular formula is C48H45N. The lowest BCUT2D eigenvalue weighted by molar-refractivity contribution is -0.00518. The quantitative estimate of drug-likeness (QED) is 0.182. The van der Waals surface area contributed by atoms with Crippen molar-refractivity contribution >= 4 is 27.8 Å². The van der Waals surface area contributed by atoms with Gasteiger partial charge in [0, 0.05) is 22.4 Å². The van der Waals surface area contributed by atoms with Gasteiger partial charge in [0.25, 0.3) is 0 Å². The van der Waals surface area contributed by atoms with Crippen LogP contribution in [-0.2, 0) is 10.8 Å². The number of aryl methyl sites for hydroxylation is 1. The zero-order valence-electron chi connectivity index (χ0n) is 29.0. The number of anilines is 3. The summed E-state index contributed by atoms with van der Waals surface area (Å²) < 4.78 is 0. The maximum atomic E-state index is 2.55. The van der Waals surface area contributed by atoms with Gasteiger partial charge in [-0.25, -0.2) is 0 Å². The molecule has 1 nitrogen and oxygen atoms in total. The third-order valence-electron chi connectivity index (χ3n) is 13.1. The second-order valence-corrected chi connectivity index (χ2v) is 16.5. The summed E-state index contributed by atoms with van der Waals surface area (Å²) in [6.45, 7) is 7.02. The van der Waals surface area contributed by atoms with Gasteiger partial charge in [-0.3, -0.25) is 0 Å². The standard InChI is InChI=1S/C48H45N/c1-31-10-4-7-13-40(31)43-25-35-11-5-6-12-36(35)26-46(43)49(39-20-21-42-41-14-8-9-15-44(41)47(2,3)45(42)27-39)38-18-16-37(17-19-38)48-28-32-22-33(29-48)24-34(23-32)30-48/h4-21,25-27,32-34H,22-24,28-30H2,1-3H3. The van der Waals surface area contributed by atoms with E-state index in [1.807, 2.05) is 0 Å². The lowest BCUT2D eigenvalue weighted by Crippen LogP contribution is -2.48. The molecular weight excluding hydrogens is 591 g/mol. The SMILES string of the molecule is Cc1ccccc1-c1cc2ccccc2cc1N(c1ccc(C23CC4CC(CC(C4)C2)C3)cc1)c1ccc2c(c1)C(C)(C)c1ccccc1-2. The molecule has 1 heteroatoms. The highest BCUT2D eigenvalue weighted by molar-refractivity contribution is 5.99. The van der Waals surface area contributed by atoms with Gasteiger partial charge in [-0.15, -0.1) is 0 Å². The largest absolute Gasteiger partial charge is 0.310 e. The Bertz CT molecular complexity index is 2220. The first kappa shape index (κ1) is 29.3.